The van der Waals surface area contributed by atoms with E-state index in [-0.39, 0.29) is 18.3 Å². The average Bonchev–Trinajstić information content (AvgIpc) is 3.15. The third kappa shape index (κ3) is 4.50. The molecule has 7 nitrogen and oxygen atoms in total. The molecule has 0 saturated heterocycles. The molecule has 4 rings (SSSR count). The molecule has 0 spiro atoms. The van der Waals surface area contributed by atoms with Crippen molar-refractivity contribution < 1.29 is 13.9 Å². The van der Waals surface area contributed by atoms with Crippen LogP contribution in [0.3, 0.4) is 0 Å². The lowest BCUT2D eigenvalue weighted by atomic mass is 10.2. The van der Waals surface area contributed by atoms with E-state index in [1.165, 1.54) is 16.6 Å². The summed E-state index contributed by atoms with van der Waals surface area (Å²) in [5.74, 6) is 0.228. The van der Waals surface area contributed by atoms with Crippen LogP contribution in [0.15, 0.2) is 60.7 Å². The average molecular weight is 503 g/mol. The lowest BCUT2D eigenvalue weighted by Crippen LogP contribution is -2.28. The summed E-state index contributed by atoms with van der Waals surface area (Å²) >= 11 is 2.19. The zero-order chi connectivity index (χ0) is 20.2. The lowest BCUT2D eigenvalue weighted by molar-refractivity contribution is 0.0946. The quantitative estimate of drug-likeness (QED) is 0.323. The molecule has 9 heteroatoms. The van der Waals surface area contributed by atoms with E-state index in [4.69, 9.17) is 4.74 Å². The van der Waals surface area contributed by atoms with E-state index in [2.05, 4.69) is 43.2 Å². The summed E-state index contributed by atoms with van der Waals surface area (Å²) in [6, 6.07) is 16.7. The molecule has 0 fully saturated rings. The predicted octanol–water partition coefficient (Wildman–Crippen LogP) is 3.34. The molecule has 2 aromatic carbocycles. The maximum Gasteiger partial charge on any atom is 0.251 e. The monoisotopic (exact) mass is 503 g/mol. The second kappa shape index (κ2) is 8.52. The van der Waals surface area contributed by atoms with Crippen LogP contribution in [0.25, 0.3) is 17.0 Å². The first-order chi connectivity index (χ1) is 14.1. The van der Waals surface area contributed by atoms with E-state index in [1.54, 1.807) is 36.4 Å². The van der Waals surface area contributed by atoms with Crippen LogP contribution in [0.1, 0.15) is 10.4 Å². The Morgan fingerprint density at radius 3 is 2.72 bits per heavy atom. The minimum atomic E-state index is -0.365. The van der Waals surface area contributed by atoms with E-state index in [0.29, 0.717) is 35.0 Å². The van der Waals surface area contributed by atoms with Crippen LogP contribution in [-0.4, -0.2) is 38.9 Å². The molecular weight excluding hydrogens is 488 g/mol. The van der Waals surface area contributed by atoms with E-state index in [1.807, 2.05) is 12.1 Å². The number of amides is 1. The van der Waals surface area contributed by atoms with Gasteiger partial charge in [0.2, 0.25) is 5.88 Å². The van der Waals surface area contributed by atoms with Gasteiger partial charge in [-0.25, -0.2) is 4.39 Å². The Morgan fingerprint density at radius 2 is 1.93 bits per heavy atom. The summed E-state index contributed by atoms with van der Waals surface area (Å²) < 4.78 is 21.7. The van der Waals surface area contributed by atoms with Crippen molar-refractivity contribution in [3.05, 3.63) is 75.6 Å². The first kappa shape index (κ1) is 19.2. The lowest BCUT2D eigenvalue weighted by Gasteiger charge is -2.08. The molecule has 0 bridgehead atoms. The van der Waals surface area contributed by atoms with Gasteiger partial charge in [-0.15, -0.1) is 15.3 Å². The van der Waals surface area contributed by atoms with Crippen LogP contribution in [0.2, 0.25) is 0 Å². The fourth-order valence-corrected chi connectivity index (χ4v) is 3.04. The van der Waals surface area contributed by atoms with Gasteiger partial charge < -0.3 is 10.1 Å². The smallest absolute Gasteiger partial charge is 0.251 e. The second-order valence-corrected chi connectivity index (χ2v) is 7.33. The fourth-order valence-electron chi connectivity index (χ4n) is 2.68. The number of fused-ring (bicyclic) bond motifs is 1. The molecule has 0 atom stereocenters. The summed E-state index contributed by atoms with van der Waals surface area (Å²) in [4.78, 5) is 12.1. The highest BCUT2D eigenvalue weighted by molar-refractivity contribution is 14.1. The van der Waals surface area contributed by atoms with Crippen LogP contribution in [0.4, 0.5) is 4.39 Å². The van der Waals surface area contributed by atoms with Crippen molar-refractivity contribution in [2.24, 2.45) is 0 Å². The molecule has 4 aromatic rings. The van der Waals surface area contributed by atoms with Gasteiger partial charge in [-0.3, -0.25) is 4.79 Å². The first-order valence-corrected chi connectivity index (χ1v) is 9.83. The Balaban J connectivity index is 1.40. The summed E-state index contributed by atoms with van der Waals surface area (Å²) in [5.41, 5.74) is 1.67. The molecule has 0 radical (unpaired) electrons. The van der Waals surface area contributed by atoms with Gasteiger partial charge in [-0.2, -0.15) is 4.52 Å². The number of nitrogens with one attached hydrogen (secondary N) is 1. The highest BCUT2D eigenvalue weighted by atomic mass is 127. The van der Waals surface area contributed by atoms with Crippen molar-refractivity contribution in [1.29, 1.82) is 0 Å². The van der Waals surface area contributed by atoms with Crippen LogP contribution in [0, 0.1) is 9.39 Å². The summed E-state index contributed by atoms with van der Waals surface area (Å²) in [5, 5.41) is 15.3. The third-order valence-electron chi connectivity index (χ3n) is 4.07. The number of rotatable bonds is 6. The van der Waals surface area contributed by atoms with Crippen LogP contribution in [-0.2, 0) is 0 Å². The molecule has 1 amide bonds. The van der Waals surface area contributed by atoms with E-state index in [0.717, 1.165) is 3.57 Å². The van der Waals surface area contributed by atoms with Gasteiger partial charge in [0.1, 0.15) is 12.4 Å². The Hall–Kier alpha value is -3.08. The molecule has 2 aromatic heterocycles. The van der Waals surface area contributed by atoms with Crippen LogP contribution in [0.5, 0.6) is 5.88 Å². The van der Waals surface area contributed by atoms with E-state index < -0.39 is 0 Å². The molecule has 1 N–H and O–H groups in total. The topological polar surface area (TPSA) is 81.4 Å². The van der Waals surface area contributed by atoms with Crippen molar-refractivity contribution in [2.75, 3.05) is 13.2 Å². The largest absolute Gasteiger partial charge is 0.475 e. The zero-order valence-electron chi connectivity index (χ0n) is 15.0. The van der Waals surface area contributed by atoms with E-state index in [9.17, 15) is 9.18 Å². The third-order valence-corrected chi connectivity index (χ3v) is 4.78. The molecule has 0 unspecified atom stereocenters. The van der Waals surface area contributed by atoms with Crippen molar-refractivity contribution in [1.82, 2.24) is 25.1 Å². The summed E-state index contributed by atoms with van der Waals surface area (Å²) in [6.45, 7) is 0.565. The SMILES string of the molecule is O=C(NCCOc1ccc2nnc(-c3cccc(F)c3)n2n1)c1ccc(I)cc1. The molecule has 0 saturated carbocycles. The maximum atomic E-state index is 13.5. The van der Waals surface area contributed by atoms with Gasteiger partial charge in [-0.05, 0) is 65.1 Å². The Labute approximate surface area is 179 Å². The van der Waals surface area contributed by atoms with Gasteiger partial charge in [-0.1, -0.05) is 12.1 Å². The van der Waals surface area contributed by atoms with Crippen molar-refractivity contribution in [3.8, 4) is 17.3 Å². The summed E-state index contributed by atoms with van der Waals surface area (Å²) in [6.07, 6.45) is 0. The van der Waals surface area contributed by atoms with Gasteiger partial charge in [0.15, 0.2) is 11.5 Å². The number of ether oxygens (including phenoxy) is 1. The Kier molecular flexibility index (Phi) is 5.65. The minimum absolute atomic E-state index is 0.166. The molecule has 0 aliphatic rings. The van der Waals surface area contributed by atoms with E-state index >= 15 is 0 Å². The maximum absolute atomic E-state index is 13.5. The number of hydrogen-bond donors (Lipinski definition) is 1. The van der Waals surface area contributed by atoms with Gasteiger partial charge in [0.05, 0.1) is 6.54 Å². The standard InChI is InChI=1S/C20H15FIN5O2/c21-15-3-1-2-14(12-15)19-25-24-17-8-9-18(26-27(17)19)29-11-10-23-20(28)13-4-6-16(22)7-5-13/h1-9,12H,10-11H2,(H,23,28). The van der Waals surface area contributed by atoms with Crippen LogP contribution < -0.4 is 10.1 Å². The number of hydrogen-bond acceptors (Lipinski definition) is 5. The highest BCUT2D eigenvalue weighted by Gasteiger charge is 2.11. The molecule has 29 heavy (non-hydrogen) atoms. The normalized spacial score (nSPS) is 10.8. The molecule has 0 aliphatic carbocycles. The number of nitrogens with zero attached hydrogens (tertiary/aromatic N) is 4. The molecular formula is C20H15FIN5O2. The van der Waals surface area contributed by atoms with Gasteiger partial charge in [0, 0.05) is 20.8 Å². The fraction of sp³-hybridized carbons (Fsp3) is 0.100. The minimum Gasteiger partial charge on any atom is -0.475 e. The van der Waals surface area contributed by atoms with Gasteiger partial charge >= 0.3 is 0 Å². The number of benzene rings is 2. The Bertz CT molecular complexity index is 1160. The predicted molar refractivity (Wildman–Crippen MR) is 113 cm³/mol. The second-order valence-electron chi connectivity index (χ2n) is 6.09. The highest BCUT2D eigenvalue weighted by Crippen LogP contribution is 2.19. The van der Waals surface area contributed by atoms with Crippen molar-refractivity contribution >= 4 is 34.1 Å². The first-order valence-electron chi connectivity index (χ1n) is 8.75. The van der Waals surface area contributed by atoms with Crippen LogP contribution >= 0.6 is 22.6 Å². The Morgan fingerprint density at radius 1 is 1.10 bits per heavy atom. The molecule has 2 heterocycles. The van der Waals surface area contributed by atoms with Gasteiger partial charge in [0.25, 0.3) is 5.91 Å². The number of carbonyl (C=O) groups is 1. The van der Waals surface area contributed by atoms with Crippen molar-refractivity contribution in [2.45, 2.75) is 0 Å². The number of carbonyl (C=O) groups excluding carboxylic acids is 1. The van der Waals surface area contributed by atoms with Crippen molar-refractivity contribution in [3.63, 3.8) is 0 Å². The number of aromatic nitrogens is 4. The molecule has 0 aliphatic heterocycles. The summed E-state index contributed by atoms with van der Waals surface area (Å²) in [7, 11) is 0. The number of halogens is 2. The molecule has 146 valence electrons. The zero-order valence-corrected chi connectivity index (χ0v) is 17.2.